The van der Waals surface area contributed by atoms with Gasteiger partial charge < -0.3 is 10.5 Å². The summed E-state index contributed by atoms with van der Waals surface area (Å²) in [5.41, 5.74) is 10.0. The minimum absolute atomic E-state index is 0.0639. The zero-order valence-electron chi connectivity index (χ0n) is 12.6. The molecule has 0 saturated carbocycles. The molecule has 5 nitrogen and oxygen atoms in total. The topological polar surface area (TPSA) is 66.0 Å². The molecule has 2 N–H and O–H groups in total. The number of aromatic nitrogens is 3. The Morgan fingerprint density at radius 1 is 1.29 bits per heavy atom. The van der Waals surface area contributed by atoms with Gasteiger partial charge in [-0.15, -0.1) is 0 Å². The first kappa shape index (κ1) is 14.2. The van der Waals surface area contributed by atoms with E-state index in [0.29, 0.717) is 25.6 Å². The van der Waals surface area contributed by atoms with Crippen molar-refractivity contribution in [3.05, 3.63) is 47.0 Å². The van der Waals surface area contributed by atoms with Gasteiger partial charge in [0.1, 0.15) is 12.2 Å². The van der Waals surface area contributed by atoms with Crippen LogP contribution in [0.4, 0.5) is 0 Å². The lowest BCUT2D eigenvalue weighted by atomic mass is 9.99. The van der Waals surface area contributed by atoms with E-state index in [9.17, 15) is 0 Å². The average molecular weight is 286 g/mol. The summed E-state index contributed by atoms with van der Waals surface area (Å²) in [5.74, 6) is 1.49. The van der Waals surface area contributed by atoms with Gasteiger partial charge in [-0.2, -0.15) is 5.10 Å². The Morgan fingerprint density at radius 3 is 2.90 bits per heavy atom. The summed E-state index contributed by atoms with van der Waals surface area (Å²) < 4.78 is 7.41. The molecule has 1 aromatic carbocycles. The molecule has 2 heterocycles. The van der Waals surface area contributed by atoms with E-state index in [-0.39, 0.29) is 6.04 Å². The summed E-state index contributed by atoms with van der Waals surface area (Å²) in [4.78, 5) is 4.35. The molecule has 1 unspecified atom stereocenters. The Morgan fingerprint density at radius 2 is 2.10 bits per heavy atom. The van der Waals surface area contributed by atoms with Crippen LogP contribution in [0, 0.1) is 5.92 Å². The van der Waals surface area contributed by atoms with E-state index in [1.54, 1.807) is 6.33 Å². The molecule has 0 spiro atoms. The fourth-order valence-electron chi connectivity index (χ4n) is 2.68. The maximum Gasteiger partial charge on any atom is 0.138 e. The Labute approximate surface area is 125 Å². The normalized spacial score (nSPS) is 15.4. The fourth-order valence-corrected chi connectivity index (χ4v) is 2.68. The van der Waals surface area contributed by atoms with Crippen molar-refractivity contribution in [1.82, 2.24) is 14.8 Å². The van der Waals surface area contributed by atoms with Crippen LogP contribution in [0.25, 0.3) is 0 Å². The SMILES string of the molecule is CC(C)Cn1ncnc1CC(N)c1ccc2c(c1)COC2. The van der Waals surface area contributed by atoms with Gasteiger partial charge in [0.15, 0.2) is 0 Å². The monoisotopic (exact) mass is 286 g/mol. The van der Waals surface area contributed by atoms with Crippen molar-refractivity contribution in [2.24, 2.45) is 11.7 Å². The smallest absolute Gasteiger partial charge is 0.138 e. The molecule has 5 heteroatoms. The fraction of sp³-hybridized carbons (Fsp3) is 0.500. The molecule has 0 amide bonds. The van der Waals surface area contributed by atoms with Gasteiger partial charge in [0.2, 0.25) is 0 Å². The minimum atomic E-state index is -0.0639. The molecule has 112 valence electrons. The molecule has 1 aliphatic heterocycles. The summed E-state index contributed by atoms with van der Waals surface area (Å²) in [7, 11) is 0. The molecule has 0 saturated heterocycles. The highest BCUT2D eigenvalue weighted by molar-refractivity contribution is 5.34. The molecule has 0 fully saturated rings. The maximum absolute atomic E-state index is 6.36. The highest BCUT2D eigenvalue weighted by atomic mass is 16.5. The molecule has 3 rings (SSSR count). The van der Waals surface area contributed by atoms with Gasteiger partial charge in [0.25, 0.3) is 0 Å². The largest absolute Gasteiger partial charge is 0.372 e. The number of ether oxygens (including phenoxy) is 1. The first-order valence-electron chi connectivity index (χ1n) is 7.45. The molecule has 1 aromatic heterocycles. The third-order valence-electron chi connectivity index (χ3n) is 3.81. The summed E-state index contributed by atoms with van der Waals surface area (Å²) >= 11 is 0. The van der Waals surface area contributed by atoms with Crippen LogP contribution in [-0.2, 0) is 30.9 Å². The molecular weight excluding hydrogens is 264 g/mol. The zero-order valence-corrected chi connectivity index (χ0v) is 12.6. The Bertz CT molecular complexity index is 620. The summed E-state index contributed by atoms with van der Waals surface area (Å²) in [6.07, 6.45) is 2.31. The zero-order chi connectivity index (χ0) is 14.8. The van der Waals surface area contributed by atoms with Gasteiger partial charge in [-0.05, 0) is 22.6 Å². The van der Waals surface area contributed by atoms with E-state index >= 15 is 0 Å². The van der Waals surface area contributed by atoms with Crippen molar-refractivity contribution in [3.8, 4) is 0 Å². The number of fused-ring (bicyclic) bond motifs is 1. The van der Waals surface area contributed by atoms with Crippen molar-refractivity contribution >= 4 is 0 Å². The van der Waals surface area contributed by atoms with E-state index in [1.807, 2.05) is 4.68 Å². The average Bonchev–Trinajstić information content (AvgIpc) is 3.06. The lowest BCUT2D eigenvalue weighted by Gasteiger charge is -2.14. The molecule has 1 atom stereocenters. The number of benzene rings is 1. The van der Waals surface area contributed by atoms with E-state index in [0.717, 1.165) is 17.9 Å². The van der Waals surface area contributed by atoms with E-state index < -0.39 is 0 Å². The predicted molar refractivity (Wildman–Crippen MR) is 80.4 cm³/mol. The van der Waals surface area contributed by atoms with E-state index in [2.05, 4.69) is 42.1 Å². The number of hydrogen-bond acceptors (Lipinski definition) is 4. The molecule has 1 aliphatic rings. The highest BCUT2D eigenvalue weighted by Crippen LogP contribution is 2.24. The van der Waals surface area contributed by atoms with Crippen LogP contribution in [0.15, 0.2) is 24.5 Å². The summed E-state index contributed by atoms with van der Waals surface area (Å²) in [6.45, 7) is 6.63. The third kappa shape index (κ3) is 3.14. The van der Waals surface area contributed by atoms with Crippen LogP contribution >= 0.6 is 0 Å². The summed E-state index contributed by atoms with van der Waals surface area (Å²) in [6, 6.07) is 6.32. The Hall–Kier alpha value is -1.72. The second-order valence-corrected chi connectivity index (χ2v) is 6.08. The van der Waals surface area contributed by atoms with Crippen molar-refractivity contribution < 1.29 is 4.74 Å². The van der Waals surface area contributed by atoms with E-state index in [1.165, 1.54) is 11.1 Å². The molecule has 0 radical (unpaired) electrons. The molecule has 0 aliphatic carbocycles. The van der Waals surface area contributed by atoms with Crippen LogP contribution < -0.4 is 5.73 Å². The van der Waals surface area contributed by atoms with Gasteiger partial charge >= 0.3 is 0 Å². The molecular formula is C16H22N4O. The summed E-state index contributed by atoms with van der Waals surface area (Å²) in [5, 5.41) is 4.29. The van der Waals surface area contributed by atoms with Crippen molar-refractivity contribution in [2.45, 2.75) is 46.1 Å². The van der Waals surface area contributed by atoms with Gasteiger partial charge in [-0.25, -0.2) is 9.67 Å². The number of rotatable bonds is 5. The lowest BCUT2D eigenvalue weighted by Crippen LogP contribution is -2.18. The standard InChI is InChI=1S/C16H22N4O/c1-11(2)7-20-16(18-10-19-20)6-15(17)12-3-4-13-8-21-9-14(13)5-12/h3-5,10-11,15H,6-9,17H2,1-2H3. The highest BCUT2D eigenvalue weighted by Gasteiger charge is 2.16. The van der Waals surface area contributed by atoms with Gasteiger partial charge in [-0.3, -0.25) is 0 Å². The van der Waals surface area contributed by atoms with Gasteiger partial charge in [0, 0.05) is 19.0 Å². The van der Waals surface area contributed by atoms with Crippen LogP contribution in [0.3, 0.4) is 0 Å². The van der Waals surface area contributed by atoms with Crippen LogP contribution in [-0.4, -0.2) is 14.8 Å². The first-order valence-corrected chi connectivity index (χ1v) is 7.45. The van der Waals surface area contributed by atoms with E-state index in [4.69, 9.17) is 10.5 Å². The minimum Gasteiger partial charge on any atom is -0.372 e. The second-order valence-electron chi connectivity index (χ2n) is 6.08. The van der Waals surface area contributed by atoms with Gasteiger partial charge in [0.05, 0.1) is 13.2 Å². The van der Waals surface area contributed by atoms with Crippen molar-refractivity contribution in [1.29, 1.82) is 0 Å². The van der Waals surface area contributed by atoms with Crippen LogP contribution in [0.1, 0.15) is 42.4 Å². The van der Waals surface area contributed by atoms with Crippen LogP contribution in [0.2, 0.25) is 0 Å². The van der Waals surface area contributed by atoms with Crippen molar-refractivity contribution in [3.63, 3.8) is 0 Å². The van der Waals surface area contributed by atoms with Crippen molar-refractivity contribution in [2.75, 3.05) is 0 Å². The van der Waals surface area contributed by atoms with Crippen LogP contribution in [0.5, 0.6) is 0 Å². The Balaban J connectivity index is 1.74. The number of nitrogens with zero attached hydrogens (tertiary/aromatic N) is 3. The maximum atomic E-state index is 6.36. The first-order chi connectivity index (χ1) is 10.1. The third-order valence-corrected chi connectivity index (χ3v) is 3.81. The molecule has 0 bridgehead atoms. The lowest BCUT2D eigenvalue weighted by molar-refractivity contribution is 0.134. The predicted octanol–water partition coefficient (Wildman–Crippen LogP) is 2.21. The number of hydrogen-bond donors (Lipinski definition) is 1. The number of nitrogens with two attached hydrogens (primary N) is 1. The Kier molecular flexibility index (Phi) is 4.03. The molecule has 2 aromatic rings. The quantitative estimate of drug-likeness (QED) is 0.915. The van der Waals surface area contributed by atoms with Gasteiger partial charge in [-0.1, -0.05) is 32.0 Å². The second kappa shape index (κ2) is 5.95. The molecule has 21 heavy (non-hydrogen) atoms.